The van der Waals surface area contributed by atoms with Crippen molar-refractivity contribution in [2.75, 3.05) is 18.1 Å². The lowest BCUT2D eigenvalue weighted by Crippen LogP contribution is -2.35. The molecule has 1 aliphatic heterocycles. The van der Waals surface area contributed by atoms with Crippen molar-refractivity contribution < 1.29 is 14.6 Å². The number of anilines is 1. The lowest BCUT2D eigenvalue weighted by molar-refractivity contribution is 0.0695. The second kappa shape index (κ2) is 9.34. The minimum absolute atomic E-state index is 0.0826. The summed E-state index contributed by atoms with van der Waals surface area (Å²) in [6.07, 6.45) is 9.43. The van der Waals surface area contributed by atoms with Gasteiger partial charge < -0.3 is 14.7 Å². The number of aromatic nitrogens is 4. The molecule has 3 aromatic heterocycles. The van der Waals surface area contributed by atoms with Crippen LogP contribution in [0, 0.1) is 6.92 Å². The SMILES string of the molecule is Cc1cc2c(=O)c(C(=O)O)cn(-c3cnccn3)c2cc1N1CCC[C@@H]1COc1ncccc1Cl. The number of carbonyl (C=O) groups is 1. The van der Waals surface area contributed by atoms with Gasteiger partial charge in [0.25, 0.3) is 0 Å². The zero-order valence-electron chi connectivity index (χ0n) is 18.9. The number of rotatable bonds is 6. The highest BCUT2D eigenvalue weighted by Crippen LogP contribution is 2.33. The van der Waals surface area contributed by atoms with E-state index in [0.29, 0.717) is 34.2 Å². The summed E-state index contributed by atoms with van der Waals surface area (Å²) in [5.74, 6) is -0.476. The van der Waals surface area contributed by atoms with Crippen molar-refractivity contribution in [1.82, 2.24) is 19.5 Å². The lowest BCUT2D eigenvalue weighted by Gasteiger charge is -2.29. The van der Waals surface area contributed by atoms with Crippen molar-refractivity contribution in [1.29, 1.82) is 0 Å². The van der Waals surface area contributed by atoms with Gasteiger partial charge in [-0.3, -0.25) is 14.3 Å². The van der Waals surface area contributed by atoms with Gasteiger partial charge in [-0.15, -0.1) is 0 Å². The molecule has 0 radical (unpaired) electrons. The van der Waals surface area contributed by atoms with Crippen molar-refractivity contribution in [2.45, 2.75) is 25.8 Å². The molecule has 178 valence electrons. The van der Waals surface area contributed by atoms with Gasteiger partial charge in [-0.25, -0.2) is 14.8 Å². The van der Waals surface area contributed by atoms with Gasteiger partial charge in [0, 0.05) is 42.4 Å². The molecule has 1 saturated heterocycles. The van der Waals surface area contributed by atoms with Gasteiger partial charge in [-0.1, -0.05) is 11.6 Å². The molecular weight excluding hydrogens is 470 g/mol. The van der Waals surface area contributed by atoms with Crippen LogP contribution < -0.4 is 15.1 Å². The first-order valence-corrected chi connectivity index (χ1v) is 11.5. The molecule has 0 aliphatic carbocycles. The number of aryl methyl sites for hydroxylation is 1. The molecule has 1 N–H and O–H groups in total. The first-order valence-electron chi connectivity index (χ1n) is 11.1. The smallest absolute Gasteiger partial charge is 0.341 e. The van der Waals surface area contributed by atoms with Crippen LogP contribution in [0.1, 0.15) is 28.8 Å². The van der Waals surface area contributed by atoms with Crippen LogP contribution in [0.15, 0.2) is 60.0 Å². The maximum absolute atomic E-state index is 13.0. The number of ether oxygens (including phenoxy) is 1. The second-order valence-corrected chi connectivity index (χ2v) is 8.76. The molecule has 0 bridgehead atoms. The minimum atomic E-state index is -1.29. The van der Waals surface area contributed by atoms with Crippen LogP contribution in [-0.4, -0.2) is 49.8 Å². The van der Waals surface area contributed by atoms with Crippen LogP contribution in [0.3, 0.4) is 0 Å². The van der Waals surface area contributed by atoms with Gasteiger partial charge in [0.05, 0.1) is 17.8 Å². The molecule has 1 fully saturated rings. The highest BCUT2D eigenvalue weighted by molar-refractivity contribution is 6.31. The van der Waals surface area contributed by atoms with Crippen molar-refractivity contribution in [3.05, 3.63) is 81.6 Å². The zero-order valence-corrected chi connectivity index (χ0v) is 19.6. The molecule has 5 rings (SSSR count). The first kappa shape index (κ1) is 22.8. The molecule has 0 amide bonds. The van der Waals surface area contributed by atoms with E-state index in [1.165, 1.54) is 24.8 Å². The number of fused-ring (bicyclic) bond motifs is 1. The molecule has 10 heteroatoms. The summed E-state index contributed by atoms with van der Waals surface area (Å²) in [5, 5.41) is 10.4. The Kier molecular flexibility index (Phi) is 6.08. The van der Waals surface area contributed by atoms with E-state index in [9.17, 15) is 14.7 Å². The predicted molar refractivity (Wildman–Crippen MR) is 132 cm³/mol. The monoisotopic (exact) mass is 491 g/mol. The van der Waals surface area contributed by atoms with Crippen molar-refractivity contribution in [3.63, 3.8) is 0 Å². The van der Waals surface area contributed by atoms with E-state index in [-0.39, 0.29) is 11.6 Å². The van der Waals surface area contributed by atoms with Crippen molar-refractivity contribution in [3.8, 4) is 11.7 Å². The average molecular weight is 492 g/mol. The fourth-order valence-electron chi connectivity index (χ4n) is 4.51. The number of nitrogens with zero attached hydrogens (tertiary/aromatic N) is 5. The number of halogens is 1. The molecule has 1 atom stereocenters. The standard InChI is InChI=1S/C25H22ClN5O4/c1-15-10-17-21(31(22-12-27-7-8-28-22)13-18(23(17)32)25(33)34)11-20(15)30-9-3-4-16(30)14-35-24-19(26)5-2-6-29-24/h2,5-8,10-13,16H,3-4,9,14H2,1H3,(H,33,34)/t16-/m1/s1. The van der Waals surface area contributed by atoms with Crippen molar-refractivity contribution >= 4 is 34.2 Å². The molecule has 9 nitrogen and oxygen atoms in total. The van der Waals surface area contributed by atoms with Gasteiger partial charge >= 0.3 is 5.97 Å². The summed E-state index contributed by atoms with van der Waals surface area (Å²) in [6, 6.07) is 7.23. The zero-order chi connectivity index (χ0) is 24.5. The second-order valence-electron chi connectivity index (χ2n) is 8.36. The molecule has 1 aliphatic rings. The Labute approximate surface area is 205 Å². The Hall–Kier alpha value is -3.98. The minimum Gasteiger partial charge on any atom is -0.477 e. The quantitative estimate of drug-likeness (QED) is 0.432. The van der Waals surface area contributed by atoms with E-state index in [0.717, 1.165) is 30.6 Å². The van der Waals surface area contributed by atoms with Gasteiger partial charge in [0.15, 0.2) is 5.82 Å². The number of carboxylic acids is 1. The van der Waals surface area contributed by atoms with E-state index in [4.69, 9.17) is 16.3 Å². The summed E-state index contributed by atoms with van der Waals surface area (Å²) in [4.78, 5) is 39.7. The van der Waals surface area contributed by atoms with Crippen LogP contribution in [0.25, 0.3) is 16.7 Å². The third-order valence-corrected chi connectivity index (χ3v) is 6.46. The molecule has 4 aromatic rings. The van der Waals surface area contributed by atoms with Crippen LogP contribution in [0.5, 0.6) is 5.88 Å². The summed E-state index contributed by atoms with van der Waals surface area (Å²) >= 11 is 6.19. The number of carboxylic acid groups (broad SMARTS) is 1. The Morgan fingerprint density at radius 3 is 2.86 bits per heavy atom. The van der Waals surface area contributed by atoms with Crippen molar-refractivity contribution in [2.24, 2.45) is 0 Å². The van der Waals surface area contributed by atoms with Gasteiger partial charge in [0.2, 0.25) is 11.3 Å². The Morgan fingerprint density at radius 1 is 1.26 bits per heavy atom. The maximum atomic E-state index is 13.0. The first-order chi connectivity index (χ1) is 16.9. The topological polar surface area (TPSA) is 110 Å². The highest BCUT2D eigenvalue weighted by atomic mass is 35.5. The van der Waals surface area contributed by atoms with E-state index in [1.807, 2.05) is 13.0 Å². The molecule has 35 heavy (non-hydrogen) atoms. The van der Waals surface area contributed by atoms with Crippen LogP contribution in [0.4, 0.5) is 5.69 Å². The number of aromatic carboxylic acids is 1. The number of pyridine rings is 2. The van der Waals surface area contributed by atoms with Gasteiger partial charge in [-0.2, -0.15) is 0 Å². The number of hydrogen-bond donors (Lipinski definition) is 1. The van der Waals surface area contributed by atoms with E-state index in [2.05, 4.69) is 19.9 Å². The largest absolute Gasteiger partial charge is 0.477 e. The van der Waals surface area contributed by atoms with E-state index in [1.54, 1.807) is 29.0 Å². The van der Waals surface area contributed by atoms with Gasteiger partial charge in [0.1, 0.15) is 17.2 Å². The molecule has 0 unspecified atom stereocenters. The maximum Gasteiger partial charge on any atom is 0.341 e. The lowest BCUT2D eigenvalue weighted by atomic mass is 10.0. The molecule has 0 spiro atoms. The summed E-state index contributed by atoms with van der Waals surface area (Å²) in [7, 11) is 0. The fourth-order valence-corrected chi connectivity index (χ4v) is 4.69. The molecule has 0 saturated carbocycles. The Balaban J connectivity index is 1.58. The summed E-state index contributed by atoms with van der Waals surface area (Å²) in [5.41, 5.74) is 1.50. The summed E-state index contributed by atoms with van der Waals surface area (Å²) < 4.78 is 7.53. The molecule has 4 heterocycles. The summed E-state index contributed by atoms with van der Waals surface area (Å²) in [6.45, 7) is 3.14. The normalized spacial score (nSPS) is 15.5. The molecule has 1 aromatic carbocycles. The fraction of sp³-hybridized carbons (Fsp3) is 0.240. The van der Waals surface area contributed by atoms with Crippen LogP contribution in [-0.2, 0) is 0 Å². The Morgan fingerprint density at radius 2 is 2.11 bits per heavy atom. The third-order valence-electron chi connectivity index (χ3n) is 6.17. The van der Waals surface area contributed by atoms with Crippen LogP contribution >= 0.6 is 11.6 Å². The average Bonchev–Trinajstić information content (AvgIpc) is 3.32. The Bertz CT molecular complexity index is 1470. The molecular formula is C25H22ClN5O4. The van der Waals surface area contributed by atoms with E-state index >= 15 is 0 Å². The predicted octanol–water partition coefficient (Wildman–Crippen LogP) is 3.88. The van der Waals surface area contributed by atoms with E-state index < -0.39 is 11.4 Å². The third kappa shape index (κ3) is 4.30. The van der Waals surface area contributed by atoms with Crippen LogP contribution in [0.2, 0.25) is 5.02 Å². The number of benzene rings is 1. The van der Waals surface area contributed by atoms with Gasteiger partial charge in [-0.05, 0) is 49.6 Å². The number of hydrogen-bond acceptors (Lipinski definition) is 7. The highest BCUT2D eigenvalue weighted by Gasteiger charge is 2.28.